The van der Waals surface area contributed by atoms with E-state index in [2.05, 4.69) is 9.97 Å². The maximum absolute atomic E-state index is 12.7. The predicted octanol–water partition coefficient (Wildman–Crippen LogP) is 0.704. The number of carbonyl (C=O) groups is 2. The van der Waals surface area contributed by atoms with Gasteiger partial charge in [-0.15, -0.1) is 11.3 Å². The first-order chi connectivity index (χ1) is 11.0. The van der Waals surface area contributed by atoms with Crippen molar-refractivity contribution in [2.24, 2.45) is 5.73 Å². The average Bonchev–Trinajstić information content (AvgIpc) is 2.95. The van der Waals surface area contributed by atoms with Crippen LogP contribution in [0.4, 0.5) is 0 Å². The van der Waals surface area contributed by atoms with Crippen molar-refractivity contribution in [3.8, 4) is 11.4 Å². The molecule has 0 atom stereocenters. The minimum atomic E-state index is -1.23. The molecule has 23 heavy (non-hydrogen) atoms. The van der Waals surface area contributed by atoms with Crippen LogP contribution >= 0.6 is 11.3 Å². The van der Waals surface area contributed by atoms with Crippen LogP contribution in [0.2, 0.25) is 0 Å². The Kier molecular flexibility index (Phi) is 3.62. The molecule has 3 heterocycles. The normalized spacial score (nSPS) is 10.8. The van der Waals surface area contributed by atoms with Gasteiger partial charge in [0.25, 0.3) is 5.56 Å². The van der Waals surface area contributed by atoms with Gasteiger partial charge in [0, 0.05) is 23.3 Å². The van der Waals surface area contributed by atoms with Crippen LogP contribution in [0.25, 0.3) is 21.6 Å². The zero-order valence-electron chi connectivity index (χ0n) is 11.6. The largest absolute Gasteiger partial charge is 0.478 e. The van der Waals surface area contributed by atoms with Gasteiger partial charge < -0.3 is 10.8 Å². The highest BCUT2D eigenvalue weighted by atomic mass is 32.1. The number of hydrogen-bond acceptors (Lipinski definition) is 6. The number of aromatic nitrogens is 3. The summed E-state index contributed by atoms with van der Waals surface area (Å²) in [5, 5.41) is 10.5. The van der Waals surface area contributed by atoms with E-state index in [4.69, 9.17) is 5.73 Å². The zero-order chi connectivity index (χ0) is 16.6. The van der Waals surface area contributed by atoms with Crippen molar-refractivity contribution in [3.05, 3.63) is 45.8 Å². The third-order valence-electron chi connectivity index (χ3n) is 3.16. The number of rotatable bonds is 4. The van der Waals surface area contributed by atoms with Gasteiger partial charge in [0.15, 0.2) is 0 Å². The summed E-state index contributed by atoms with van der Waals surface area (Å²) in [6, 6.07) is 3.35. The van der Waals surface area contributed by atoms with Gasteiger partial charge in [-0.3, -0.25) is 19.1 Å². The van der Waals surface area contributed by atoms with Crippen LogP contribution in [0, 0.1) is 0 Å². The molecule has 0 aromatic carbocycles. The Morgan fingerprint density at radius 3 is 2.78 bits per heavy atom. The molecule has 3 aromatic rings. The van der Waals surface area contributed by atoms with Crippen LogP contribution in [0.3, 0.4) is 0 Å². The second kappa shape index (κ2) is 5.61. The molecule has 0 aliphatic heterocycles. The van der Waals surface area contributed by atoms with Gasteiger partial charge in [-0.2, -0.15) is 0 Å². The summed E-state index contributed by atoms with van der Waals surface area (Å²) >= 11 is 1.05. The maximum atomic E-state index is 12.7. The molecule has 0 spiro atoms. The van der Waals surface area contributed by atoms with Gasteiger partial charge in [-0.1, -0.05) is 0 Å². The number of carboxylic acid groups (broad SMARTS) is 1. The number of carbonyl (C=O) groups excluding carboxylic acids is 1. The van der Waals surface area contributed by atoms with E-state index in [9.17, 15) is 19.5 Å². The first kappa shape index (κ1) is 14.9. The van der Waals surface area contributed by atoms with Crippen molar-refractivity contribution in [1.29, 1.82) is 0 Å². The van der Waals surface area contributed by atoms with Crippen molar-refractivity contribution in [3.63, 3.8) is 0 Å². The molecule has 116 valence electrons. The van der Waals surface area contributed by atoms with Crippen molar-refractivity contribution in [1.82, 2.24) is 14.5 Å². The predicted molar refractivity (Wildman–Crippen MR) is 83.3 cm³/mol. The average molecular weight is 330 g/mol. The number of nitrogens with two attached hydrogens (primary N) is 1. The number of primary amides is 1. The molecule has 0 bridgehead atoms. The maximum Gasteiger partial charge on any atom is 0.337 e. The zero-order valence-corrected chi connectivity index (χ0v) is 12.4. The highest BCUT2D eigenvalue weighted by Crippen LogP contribution is 2.25. The molecule has 0 aliphatic carbocycles. The van der Waals surface area contributed by atoms with E-state index in [1.54, 1.807) is 18.3 Å². The van der Waals surface area contributed by atoms with E-state index in [-0.39, 0.29) is 21.6 Å². The molecule has 0 unspecified atom stereocenters. The number of thiophene rings is 1. The molecule has 9 heteroatoms. The molecular weight excluding hydrogens is 320 g/mol. The summed E-state index contributed by atoms with van der Waals surface area (Å²) in [6.07, 6.45) is 3.06. The topological polar surface area (TPSA) is 128 Å². The number of carboxylic acids is 1. The minimum absolute atomic E-state index is 0.0311. The number of nitrogens with zero attached hydrogens (tertiary/aromatic N) is 3. The second-order valence-electron chi connectivity index (χ2n) is 4.67. The molecule has 1 amide bonds. The molecule has 3 rings (SSSR count). The third-order valence-corrected chi connectivity index (χ3v) is 4.03. The summed E-state index contributed by atoms with van der Waals surface area (Å²) in [6.45, 7) is -0.402. The fraction of sp³-hybridized carbons (Fsp3) is 0.0714. The van der Waals surface area contributed by atoms with Crippen molar-refractivity contribution in [2.75, 3.05) is 0 Å². The SMILES string of the molecule is NC(=O)Cn1c(-c2cccnc2)nc2scc(C(=O)O)c2c1=O. The Hall–Kier alpha value is -3.07. The van der Waals surface area contributed by atoms with Gasteiger partial charge in [0.1, 0.15) is 17.2 Å². The van der Waals surface area contributed by atoms with Gasteiger partial charge in [0.2, 0.25) is 5.91 Å². The molecule has 3 N–H and O–H groups in total. The summed E-state index contributed by atoms with van der Waals surface area (Å²) < 4.78 is 1.07. The summed E-state index contributed by atoms with van der Waals surface area (Å²) in [4.78, 5) is 43.8. The van der Waals surface area contributed by atoms with Crippen LogP contribution in [0.15, 0.2) is 34.7 Å². The quantitative estimate of drug-likeness (QED) is 0.725. The lowest BCUT2D eigenvalue weighted by molar-refractivity contribution is -0.118. The molecule has 0 saturated heterocycles. The molecule has 0 saturated carbocycles. The smallest absolute Gasteiger partial charge is 0.337 e. The van der Waals surface area contributed by atoms with Gasteiger partial charge in [0.05, 0.1) is 10.9 Å². The van der Waals surface area contributed by atoms with Gasteiger partial charge >= 0.3 is 5.97 Å². The Bertz CT molecular complexity index is 978. The summed E-state index contributed by atoms with van der Waals surface area (Å²) in [7, 11) is 0. The van der Waals surface area contributed by atoms with E-state index in [0.29, 0.717) is 5.56 Å². The second-order valence-corrected chi connectivity index (χ2v) is 5.53. The van der Waals surface area contributed by atoms with E-state index in [1.165, 1.54) is 11.6 Å². The summed E-state index contributed by atoms with van der Waals surface area (Å²) in [5.41, 5.74) is 4.97. The Labute approximate surface area is 132 Å². The van der Waals surface area contributed by atoms with Crippen LogP contribution < -0.4 is 11.3 Å². The lowest BCUT2D eigenvalue weighted by atomic mass is 10.2. The minimum Gasteiger partial charge on any atom is -0.478 e. The Morgan fingerprint density at radius 1 is 1.39 bits per heavy atom. The number of amides is 1. The number of fused-ring (bicyclic) bond motifs is 1. The molecule has 0 aliphatic rings. The standard InChI is InChI=1S/C14H10N4O4S/c15-9(19)5-18-11(7-2-1-3-16-4-7)17-12-10(13(18)20)8(6-23-12)14(21)22/h1-4,6H,5H2,(H2,15,19)(H,21,22). The van der Waals surface area contributed by atoms with E-state index in [1.807, 2.05) is 0 Å². The number of aromatic carboxylic acids is 1. The third kappa shape index (κ3) is 2.57. The lowest BCUT2D eigenvalue weighted by Gasteiger charge is -2.10. The molecule has 0 radical (unpaired) electrons. The molecule has 8 nitrogen and oxygen atoms in total. The van der Waals surface area contributed by atoms with Gasteiger partial charge in [-0.25, -0.2) is 9.78 Å². The van der Waals surface area contributed by atoms with Crippen LogP contribution in [0.5, 0.6) is 0 Å². The van der Waals surface area contributed by atoms with E-state index in [0.717, 1.165) is 15.9 Å². The fourth-order valence-corrected chi connectivity index (χ4v) is 3.10. The first-order valence-electron chi connectivity index (χ1n) is 6.43. The number of hydrogen-bond donors (Lipinski definition) is 2. The fourth-order valence-electron chi connectivity index (χ4n) is 2.20. The van der Waals surface area contributed by atoms with Crippen molar-refractivity contribution < 1.29 is 14.7 Å². The van der Waals surface area contributed by atoms with Crippen molar-refractivity contribution >= 4 is 33.4 Å². The molecular formula is C14H10N4O4S. The van der Waals surface area contributed by atoms with Crippen LogP contribution in [-0.4, -0.2) is 31.5 Å². The van der Waals surface area contributed by atoms with Gasteiger partial charge in [-0.05, 0) is 12.1 Å². The first-order valence-corrected chi connectivity index (χ1v) is 7.31. The van der Waals surface area contributed by atoms with Crippen LogP contribution in [0.1, 0.15) is 10.4 Å². The van der Waals surface area contributed by atoms with E-state index < -0.39 is 24.0 Å². The highest BCUT2D eigenvalue weighted by Gasteiger charge is 2.21. The number of pyridine rings is 1. The summed E-state index contributed by atoms with van der Waals surface area (Å²) in [5.74, 6) is -1.74. The Balaban J connectivity index is 2.38. The highest BCUT2D eigenvalue weighted by molar-refractivity contribution is 7.17. The molecule has 0 fully saturated rings. The lowest BCUT2D eigenvalue weighted by Crippen LogP contribution is -2.30. The molecule has 3 aromatic heterocycles. The monoisotopic (exact) mass is 330 g/mol. The van der Waals surface area contributed by atoms with E-state index >= 15 is 0 Å². The Morgan fingerprint density at radius 2 is 2.17 bits per heavy atom. The van der Waals surface area contributed by atoms with Crippen molar-refractivity contribution in [2.45, 2.75) is 6.54 Å². The van der Waals surface area contributed by atoms with Crippen LogP contribution in [-0.2, 0) is 11.3 Å².